The standard InChI is InChI=1S/C12H16N6O/c1-8(9-3-4-9)18-7-10(5-14-18)15-12(19)11-6-13-16-17(11)2/h5-9H,3-4H2,1-2H3,(H,15,19). The van der Waals surface area contributed by atoms with Gasteiger partial charge in [-0.15, -0.1) is 5.10 Å². The second-order valence-electron chi connectivity index (χ2n) is 4.98. The Morgan fingerprint density at radius 2 is 2.26 bits per heavy atom. The van der Waals surface area contributed by atoms with Crippen LogP contribution < -0.4 is 5.32 Å². The monoisotopic (exact) mass is 260 g/mol. The Labute approximate surface area is 110 Å². The zero-order valence-corrected chi connectivity index (χ0v) is 10.9. The number of aryl methyl sites for hydroxylation is 1. The van der Waals surface area contributed by atoms with Gasteiger partial charge in [0.15, 0.2) is 0 Å². The highest BCUT2D eigenvalue weighted by Gasteiger charge is 2.29. The van der Waals surface area contributed by atoms with Gasteiger partial charge in [0.25, 0.3) is 5.91 Å². The third kappa shape index (κ3) is 2.35. The van der Waals surface area contributed by atoms with Crippen LogP contribution in [0, 0.1) is 5.92 Å². The molecule has 0 spiro atoms. The molecule has 100 valence electrons. The molecule has 2 aromatic heterocycles. The number of aromatic nitrogens is 5. The molecule has 1 aliphatic carbocycles. The summed E-state index contributed by atoms with van der Waals surface area (Å²) in [6.45, 7) is 2.15. The second kappa shape index (κ2) is 4.49. The summed E-state index contributed by atoms with van der Waals surface area (Å²) in [6, 6.07) is 0.393. The zero-order valence-electron chi connectivity index (χ0n) is 10.9. The topological polar surface area (TPSA) is 77.6 Å². The van der Waals surface area contributed by atoms with Crippen molar-refractivity contribution in [3.8, 4) is 0 Å². The molecule has 0 radical (unpaired) electrons. The molecule has 1 unspecified atom stereocenters. The first-order valence-electron chi connectivity index (χ1n) is 6.35. The minimum absolute atomic E-state index is 0.230. The van der Waals surface area contributed by atoms with Gasteiger partial charge in [0.1, 0.15) is 5.69 Å². The van der Waals surface area contributed by atoms with Crippen molar-refractivity contribution in [3.05, 3.63) is 24.3 Å². The van der Waals surface area contributed by atoms with Crippen LogP contribution in [0.25, 0.3) is 0 Å². The largest absolute Gasteiger partial charge is 0.318 e. The van der Waals surface area contributed by atoms with Gasteiger partial charge in [-0.1, -0.05) is 5.21 Å². The van der Waals surface area contributed by atoms with Gasteiger partial charge in [0.2, 0.25) is 0 Å². The SMILES string of the molecule is CC(C1CC1)n1cc(NC(=O)c2cnnn2C)cn1. The lowest BCUT2D eigenvalue weighted by molar-refractivity contribution is 0.101. The van der Waals surface area contributed by atoms with E-state index in [4.69, 9.17) is 0 Å². The van der Waals surface area contributed by atoms with Crippen molar-refractivity contribution in [1.82, 2.24) is 24.8 Å². The van der Waals surface area contributed by atoms with E-state index < -0.39 is 0 Å². The van der Waals surface area contributed by atoms with Crippen LogP contribution in [0.1, 0.15) is 36.3 Å². The molecular formula is C12H16N6O. The Balaban J connectivity index is 1.70. The number of hydrogen-bond acceptors (Lipinski definition) is 4. The van der Waals surface area contributed by atoms with Crippen molar-refractivity contribution in [1.29, 1.82) is 0 Å². The van der Waals surface area contributed by atoms with Gasteiger partial charge in [-0.3, -0.25) is 9.48 Å². The number of carbonyl (C=O) groups is 1. The van der Waals surface area contributed by atoms with E-state index in [1.165, 1.54) is 23.7 Å². The Morgan fingerprint density at radius 1 is 1.47 bits per heavy atom. The summed E-state index contributed by atoms with van der Waals surface area (Å²) in [7, 11) is 1.68. The molecule has 1 atom stereocenters. The van der Waals surface area contributed by atoms with Crippen molar-refractivity contribution >= 4 is 11.6 Å². The number of amides is 1. The van der Waals surface area contributed by atoms with E-state index in [-0.39, 0.29) is 5.91 Å². The smallest absolute Gasteiger partial charge is 0.275 e. The van der Waals surface area contributed by atoms with E-state index in [0.29, 0.717) is 17.4 Å². The number of rotatable bonds is 4. The summed E-state index contributed by atoms with van der Waals surface area (Å²) in [5.74, 6) is 0.496. The summed E-state index contributed by atoms with van der Waals surface area (Å²) < 4.78 is 3.35. The highest BCUT2D eigenvalue weighted by Crippen LogP contribution is 2.39. The second-order valence-corrected chi connectivity index (χ2v) is 4.98. The van der Waals surface area contributed by atoms with Crippen molar-refractivity contribution in [2.24, 2.45) is 13.0 Å². The van der Waals surface area contributed by atoms with Crippen LogP contribution in [0.15, 0.2) is 18.6 Å². The lowest BCUT2D eigenvalue weighted by Crippen LogP contribution is -2.15. The van der Waals surface area contributed by atoms with Crippen LogP contribution >= 0.6 is 0 Å². The molecule has 1 fully saturated rings. The Hall–Kier alpha value is -2.18. The maximum atomic E-state index is 12.0. The number of nitrogens with one attached hydrogen (secondary N) is 1. The van der Waals surface area contributed by atoms with Gasteiger partial charge in [0, 0.05) is 13.2 Å². The fraction of sp³-hybridized carbons (Fsp3) is 0.500. The molecule has 1 aliphatic rings. The van der Waals surface area contributed by atoms with E-state index in [9.17, 15) is 4.79 Å². The predicted molar refractivity (Wildman–Crippen MR) is 68.6 cm³/mol. The minimum Gasteiger partial charge on any atom is -0.318 e. The van der Waals surface area contributed by atoms with Gasteiger partial charge in [-0.25, -0.2) is 4.68 Å². The molecule has 1 amide bonds. The van der Waals surface area contributed by atoms with E-state index in [0.717, 1.165) is 5.92 Å². The van der Waals surface area contributed by atoms with Crippen LogP contribution in [0.5, 0.6) is 0 Å². The van der Waals surface area contributed by atoms with Crippen molar-refractivity contribution in [3.63, 3.8) is 0 Å². The van der Waals surface area contributed by atoms with Crippen LogP contribution in [0.3, 0.4) is 0 Å². The van der Waals surface area contributed by atoms with Gasteiger partial charge >= 0.3 is 0 Å². The zero-order chi connectivity index (χ0) is 13.4. The van der Waals surface area contributed by atoms with Crippen LogP contribution in [-0.4, -0.2) is 30.7 Å². The summed E-state index contributed by atoms with van der Waals surface area (Å²) in [4.78, 5) is 12.0. The molecule has 19 heavy (non-hydrogen) atoms. The molecule has 1 N–H and O–H groups in total. The molecule has 0 aliphatic heterocycles. The summed E-state index contributed by atoms with van der Waals surface area (Å²) in [5.41, 5.74) is 1.11. The summed E-state index contributed by atoms with van der Waals surface area (Å²) in [6.07, 6.45) is 7.50. The number of carbonyl (C=O) groups excluding carboxylic acids is 1. The first kappa shape index (κ1) is 11.9. The van der Waals surface area contributed by atoms with Crippen molar-refractivity contribution in [2.45, 2.75) is 25.8 Å². The van der Waals surface area contributed by atoms with Gasteiger partial charge < -0.3 is 5.32 Å². The van der Waals surface area contributed by atoms with Gasteiger partial charge in [-0.2, -0.15) is 5.10 Å². The third-order valence-electron chi connectivity index (χ3n) is 3.53. The quantitative estimate of drug-likeness (QED) is 0.897. The maximum absolute atomic E-state index is 12.0. The molecular weight excluding hydrogens is 244 g/mol. The van der Waals surface area contributed by atoms with E-state index in [1.54, 1.807) is 13.2 Å². The number of anilines is 1. The Kier molecular flexibility index (Phi) is 2.81. The molecule has 1 saturated carbocycles. The van der Waals surface area contributed by atoms with E-state index in [1.807, 2.05) is 10.9 Å². The van der Waals surface area contributed by atoms with Crippen molar-refractivity contribution in [2.75, 3.05) is 5.32 Å². The summed E-state index contributed by atoms with van der Waals surface area (Å²) in [5, 5.41) is 14.5. The molecule has 7 heteroatoms. The van der Waals surface area contributed by atoms with Crippen LogP contribution in [-0.2, 0) is 7.05 Å². The first-order chi connectivity index (χ1) is 9.15. The Bertz CT molecular complexity index is 597. The van der Waals surface area contributed by atoms with Gasteiger partial charge in [0.05, 0.1) is 24.1 Å². The average Bonchev–Trinajstić information content (AvgIpc) is 2.99. The normalized spacial score (nSPS) is 16.3. The lowest BCUT2D eigenvalue weighted by Gasteiger charge is -2.09. The molecule has 2 heterocycles. The maximum Gasteiger partial charge on any atom is 0.275 e. The fourth-order valence-corrected chi connectivity index (χ4v) is 2.11. The summed E-state index contributed by atoms with van der Waals surface area (Å²) >= 11 is 0. The number of nitrogens with zero attached hydrogens (tertiary/aromatic N) is 5. The predicted octanol–water partition coefficient (Wildman–Crippen LogP) is 1.23. The van der Waals surface area contributed by atoms with E-state index in [2.05, 4.69) is 27.7 Å². The minimum atomic E-state index is -0.230. The first-order valence-corrected chi connectivity index (χ1v) is 6.35. The molecule has 0 bridgehead atoms. The van der Waals surface area contributed by atoms with Crippen LogP contribution in [0.4, 0.5) is 5.69 Å². The highest BCUT2D eigenvalue weighted by molar-refractivity contribution is 6.02. The van der Waals surface area contributed by atoms with Crippen molar-refractivity contribution < 1.29 is 4.79 Å². The van der Waals surface area contributed by atoms with Crippen LogP contribution in [0.2, 0.25) is 0 Å². The average molecular weight is 260 g/mol. The lowest BCUT2D eigenvalue weighted by atomic mass is 10.2. The molecule has 2 aromatic rings. The molecule has 7 nitrogen and oxygen atoms in total. The third-order valence-corrected chi connectivity index (χ3v) is 3.53. The Morgan fingerprint density at radius 3 is 2.89 bits per heavy atom. The molecule has 3 rings (SSSR count). The van der Waals surface area contributed by atoms with E-state index >= 15 is 0 Å². The highest BCUT2D eigenvalue weighted by atomic mass is 16.2. The molecule has 0 aromatic carbocycles. The fourth-order valence-electron chi connectivity index (χ4n) is 2.11. The number of hydrogen-bond donors (Lipinski definition) is 1. The molecule has 0 saturated heterocycles. The van der Waals surface area contributed by atoms with Gasteiger partial charge in [-0.05, 0) is 25.7 Å².